The quantitative estimate of drug-likeness (QED) is 0.719. The third-order valence-electron chi connectivity index (χ3n) is 4.53. The van der Waals surface area contributed by atoms with E-state index in [-0.39, 0.29) is 6.10 Å². The van der Waals surface area contributed by atoms with Gasteiger partial charge in [0.25, 0.3) is 0 Å². The molecule has 26 heavy (non-hydrogen) atoms. The van der Waals surface area contributed by atoms with Crippen molar-refractivity contribution in [2.45, 2.75) is 17.9 Å². The van der Waals surface area contributed by atoms with Gasteiger partial charge in [-0.1, -0.05) is 30.3 Å². The van der Waals surface area contributed by atoms with E-state index < -0.39 is 0 Å². The molecule has 0 aromatic heterocycles. The maximum atomic E-state index is 10.4. The molecule has 1 fully saturated rings. The van der Waals surface area contributed by atoms with E-state index in [0.29, 0.717) is 6.61 Å². The van der Waals surface area contributed by atoms with Crippen LogP contribution in [0.4, 0.5) is 5.69 Å². The Hall–Kier alpha value is -1.69. The number of ether oxygens (including phenoxy) is 1. The number of para-hydroxylation sites is 2. The van der Waals surface area contributed by atoms with Crippen LogP contribution in [-0.2, 0) is 0 Å². The monoisotopic (exact) mass is 372 g/mol. The fourth-order valence-corrected chi connectivity index (χ4v) is 4.07. The van der Waals surface area contributed by atoms with Crippen LogP contribution < -0.4 is 9.64 Å². The standard InChI is InChI=1S/C21H28N2O2S/c1-2-25-21-11-7-6-10-20(21)23-14-12-22(13-15-23)16-18(24)17-26-19-8-4-3-5-9-19/h3-11,18,24H,2,12-17H2,1H3. The molecule has 1 aliphatic rings. The molecule has 0 saturated carbocycles. The molecule has 4 nitrogen and oxygen atoms in total. The Balaban J connectivity index is 1.45. The predicted octanol–water partition coefficient (Wildman–Crippen LogP) is 3.36. The molecular formula is C21H28N2O2S. The van der Waals surface area contributed by atoms with Gasteiger partial charge in [-0.15, -0.1) is 11.8 Å². The summed E-state index contributed by atoms with van der Waals surface area (Å²) in [6, 6.07) is 18.5. The van der Waals surface area contributed by atoms with E-state index in [1.54, 1.807) is 11.8 Å². The predicted molar refractivity (Wildman–Crippen MR) is 109 cm³/mol. The summed E-state index contributed by atoms with van der Waals surface area (Å²) in [5.74, 6) is 1.69. The molecule has 2 aromatic carbocycles. The molecule has 0 bridgehead atoms. The van der Waals surface area contributed by atoms with E-state index in [9.17, 15) is 5.11 Å². The summed E-state index contributed by atoms with van der Waals surface area (Å²) in [5, 5.41) is 10.4. The van der Waals surface area contributed by atoms with Gasteiger partial charge in [-0.25, -0.2) is 0 Å². The van der Waals surface area contributed by atoms with E-state index in [4.69, 9.17) is 4.74 Å². The molecule has 1 aliphatic heterocycles. The number of benzene rings is 2. The minimum absolute atomic E-state index is 0.303. The number of piperazine rings is 1. The fraction of sp³-hybridized carbons (Fsp3) is 0.429. The highest BCUT2D eigenvalue weighted by molar-refractivity contribution is 7.99. The molecule has 1 heterocycles. The van der Waals surface area contributed by atoms with Crippen LogP contribution in [0, 0.1) is 0 Å². The second-order valence-corrected chi connectivity index (χ2v) is 7.56. The van der Waals surface area contributed by atoms with E-state index in [0.717, 1.165) is 44.2 Å². The highest BCUT2D eigenvalue weighted by atomic mass is 32.2. The molecule has 1 saturated heterocycles. The van der Waals surface area contributed by atoms with Crippen LogP contribution in [0.15, 0.2) is 59.5 Å². The largest absolute Gasteiger partial charge is 0.492 e. The summed E-state index contributed by atoms with van der Waals surface area (Å²) in [4.78, 5) is 5.95. The zero-order valence-electron chi connectivity index (χ0n) is 15.4. The second-order valence-electron chi connectivity index (χ2n) is 6.47. The number of nitrogens with zero attached hydrogens (tertiary/aromatic N) is 2. The fourth-order valence-electron chi connectivity index (χ4n) is 3.23. The van der Waals surface area contributed by atoms with Crippen LogP contribution in [0.2, 0.25) is 0 Å². The van der Waals surface area contributed by atoms with E-state index in [1.165, 1.54) is 10.6 Å². The number of aliphatic hydroxyl groups is 1. The first kappa shape index (κ1) is 19.1. The zero-order valence-corrected chi connectivity index (χ0v) is 16.2. The molecule has 140 valence electrons. The van der Waals surface area contributed by atoms with Gasteiger partial charge in [0.05, 0.1) is 18.4 Å². The maximum absolute atomic E-state index is 10.4. The lowest BCUT2D eigenvalue weighted by Crippen LogP contribution is -2.49. The van der Waals surface area contributed by atoms with Crippen molar-refractivity contribution in [2.24, 2.45) is 0 Å². The molecular weight excluding hydrogens is 344 g/mol. The van der Waals surface area contributed by atoms with Crippen molar-refractivity contribution in [2.75, 3.05) is 50.0 Å². The highest BCUT2D eigenvalue weighted by Gasteiger charge is 2.21. The molecule has 2 aromatic rings. The normalized spacial score (nSPS) is 16.5. The van der Waals surface area contributed by atoms with Gasteiger partial charge in [0.1, 0.15) is 5.75 Å². The van der Waals surface area contributed by atoms with Gasteiger partial charge in [-0.2, -0.15) is 0 Å². The molecule has 5 heteroatoms. The first-order valence-electron chi connectivity index (χ1n) is 9.31. The second kappa shape index (κ2) is 9.86. The summed E-state index contributed by atoms with van der Waals surface area (Å²) < 4.78 is 5.76. The Labute approximate surface area is 160 Å². The van der Waals surface area contributed by atoms with Crippen LogP contribution in [0.3, 0.4) is 0 Å². The lowest BCUT2D eigenvalue weighted by Gasteiger charge is -2.37. The number of hydrogen-bond acceptors (Lipinski definition) is 5. The van der Waals surface area contributed by atoms with Gasteiger partial charge in [-0.3, -0.25) is 4.90 Å². The minimum Gasteiger partial charge on any atom is -0.492 e. The Kier molecular flexibility index (Phi) is 7.23. The average Bonchev–Trinajstić information content (AvgIpc) is 2.69. The highest BCUT2D eigenvalue weighted by Crippen LogP contribution is 2.29. The zero-order chi connectivity index (χ0) is 18.2. The van der Waals surface area contributed by atoms with Gasteiger partial charge in [-0.05, 0) is 31.2 Å². The molecule has 0 spiro atoms. The van der Waals surface area contributed by atoms with Crippen LogP contribution in [-0.4, -0.2) is 61.2 Å². The number of aliphatic hydroxyl groups excluding tert-OH is 1. The van der Waals surface area contributed by atoms with Crippen molar-refractivity contribution in [1.29, 1.82) is 0 Å². The molecule has 1 N–H and O–H groups in total. The Morgan fingerprint density at radius 2 is 1.69 bits per heavy atom. The number of β-amino-alcohol motifs (C(OH)–C–C–N with tert-alkyl or cyclic N) is 1. The smallest absolute Gasteiger partial charge is 0.142 e. The van der Waals surface area contributed by atoms with E-state index >= 15 is 0 Å². The first-order chi connectivity index (χ1) is 12.8. The van der Waals surface area contributed by atoms with Crippen LogP contribution in [0.1, 0.15) is 6.92 Å². The SMILES string of the molecule is CCOc1ccccc1N1CCN(CC(O)CSc2ccccc2)CC1. The third kappa shape index (κ3) is 5.40. The van der Waals surface area contributed by atoms with Crippen LogP contribution in [0.5, 0.6) is 5.75 Å². The van der Waals surface area contributed by atoms with Crippen molar-refractivity contribution >= 4 is 17.4 Å². The molecule has 1 atom stereocenters. The molecule has 0 radical (unpaired) electrons. The van der Waals surface area contributed by atoms with Gasteiger partial charge in [0.15, 0.2) is 0 Å². The van der Waals surface area contributed by atoms with Crippen LogP contribution in [0.25, 0.3) is 0 Å². The number of thioether (sulfide) groups is 1. The van der Waals surface area contributed by atoms with Crippen LogP contribution >= 0.6 is 11.8 Å². The van der Waals surface area contributed by atoms with Crippen molar-refractivity contribution in [3.63, 3.8) is 0 Å². The average molecular weight is 373 g/mol. The summed E-state index contributed by atoms with van der Waals surface area (Å²) in [6.45, 7) is 7.29. The third-order valence-corrected chi connectivity index (χ3v) is 5.69. The summed E-state index contributed by atoms with van der Waals surface area (Å²) in [7, 11) is 0. The van der Waals surface area contributed by atoms with Gasteiger partial charge in [0.2, 0.25) is 0 Å². The molecule has 3 rings (SSSR count). The molecule has 0 amide bonds. The lowest BCUT2D eigenvalue weighted by molar-refractivity contribution is 0.126. The molecule has 1 unspecified atom stereocenters. The summed E-state index contributed by atoms with van der Waals surface area (Å²) in [5.41, 5.74) is 1.18. The number of rotatable bonds is 8. The van der Waals surface area contributed by atoms with E-state index in [1.807, 2.05) is 37.3 Å². The van der Waals surface area contributed by atoms with Crippen molar-refractivity contribution in [1.82, 2.24) is 4.90 Å². The number of hydrogen-bond donors (Lipinski definition) is 1. The number of anilines is 1. The van der Waals surface area contributed by atoms with Gasteiger partial charge >= 0.3 is 0 Å². The van der Waals surface area contributed by atoms with Crippen molar-refractivity contribution in [3.05, 3.63) is 54.6 Å². The Morgan fingerprint density at radius 3 is 2.42 bits per heavy atom. The van der Waals surface area contributed by atoms with Crippen molar-refractivity contribution in [3.8, 4) is 5.75 Å². The van der Waals surface area contributed by atoms with Gasteiger partial charge in [0, 0.05) is 43.4 Å². The summed E-state index contributed by atoms with van der Waals surface area (Å²) in [6.07, 6.45) is -0.303. The lowest BCUT2D eigenvalue weighted by atomic mass is 10.2. The minimum atomic E-state index is -0.303. The van der Waals surface area contributed by atoms with Gasteiger partial charge < -0.3 is 14.7 Å². The molecule has 0 aliphatic carbocycles. The topological polar surface area (TPSA) is 35.9 Å². The Morgan fingerprint density at radius 1 is 1.00 bits per heavy atom. The van der Waals surface area contributed by atoms with Crippen molar-refractivity contribution < 1.29 is 9.84 Å². The summed E-state index contributed by atoms with van der Waals surface area (Å²) >= 11 is 1.72. The Bertz CT molecular complexity index is 660. The van der Waals surface area contributed by atoms with E-state index in [2.05, 4.69) is 34.1 Å². The maximum Gasteiger partial charge on any atom is 0.142 e. The first-order valence-corrected chi connectivity index (χ1v) is 10.3.